The Kier molecular flexibility index (Phi) is 4.88. The van der Waals surface area contributed by atoms with Crippen molar-refractivity contribution < 1.29 is 4.79 Å². The number of carbonyl (C=O) groups is 1. The zero-order valence-corrected chi connectivity index (χ0v) is 11.5. The highest BCUT2D eigenvalue weighted by Crippen LogP contribution is 2.14. The van der Waals surface area contributed by atoms with E-state index >= 15 is 0 Å². The van der Waals surface area contributed by atoms with Crippen LogP contribution in [0.25, 0.3) is 0 Å². The zero-order chi connectivity index (χ0) is 10.6. The molecule has 2 nitrogen and oxygen atoms in total. The van der Waals surface area contributed by atoms with Crippen molar-refractivity contribution in [3.8, 4) is 0 Å². The van der Waals surface area contributed by atoms with Crippen LogP contribution >= 0.6 is 38.5 Å². The Morgan fingerprint density at radius 3 is 2.93 bits per heavy atom. The van der Waals surface area contributed by atoms with Crippen LogP contribution in [0.15, 0.2) is 24.3 Å². The lowest BCUT2D eigenvalue weighted by molar-refractivity contribution is -0.115. The maximum absolute atomic E-state index is 11.5. The van der Waals surface area contributed by atoms with Crippen LogP contribution in [0.2, 0.25) is 0 Å². The Hall–Kier alpha value is -0.100. The van der Waals surface area contributed by atoms with Gasteiger partial charge in [-0.3, -0.25) is 4.79 Å². The number of hydrogen-bond donors (Lipinski definition) is 1. The highest BCUT2D eigenvalue weighted by molar-refractivity contribution is 14.1. The van der Waals surface area contributed by atoms with E-state index in [0.717, 1.165) is 15.7 Å². The number of anilines is 1. The van der Waals surface area contributed by atoms with Crippen molar-refractivity contribution in [2.24, 2.45) is 0 Å². The Balaban J connectivity index is 2.65. The Labute approximate surface area is 106 Å². The molecule has 0 aromatic heterocycles. The van der Waals surface area contributed by atoms with Gasteiger partial charge in [-0.1, -0.05) is 28.9 Å². The zero-order valence-electron chi connectivity index (χ0n) is 7.76. The second kappa shape index (κ2) is 5.70. The van der Waals surface area contributed by atoms with Gasteiger partial charge in [0.05, 0.1) is 4.83 Å². The standard InChI is InChI=1S/C10H11BrINO/c1-2-9(11)10(14)13-8-5-3-4-7(12)6-8/h3-6,9H,2H2,1H3,(H,13,14). The highest BCUT2D eigenvalue weighted by Gasteiger charge is 2.11. The second-order valence-corrected chi connectivity index (χ2v) is 5.23. The molecule has 0 aliphatic heterocycles. The number of carbonyl (C=O) groups excluding carboxylic acids is 1. The summed E-state index contributed by atoms with van der Waals surface area (Å²) in [5, 5.41) is 2.84. The van der Waals surface area contributed by atoms with Gasteiger partial charge in [-0.15, -0.1) is 0 Å². The summed E-state index contributed by atoms with van der Waals surface area (Å²) in [4.78, 5) is 11.4. The predicted molar refractivity (Wildman–Crippen MR) is 70.8 cm³/mol. The van der Waals surface area contributed by atoms with Gasteiger partial charge in [0.2, 0.25) is 5.91 Å². The van der Waals surface area contributed by atoms with E-state index in [-0.39, 0.29) is 10.7 Å². The number of hydrogen-bond acceptors (Lipinski definition) is 1. The van der Waals surface area contributed by atoms with Crippen LogP contribution in [0, 0.1) is 3.57 Å². The summed E-state index contributed by atoms with van der Waals surface area (Å²) in [6.45, 7) is 1.97. The molecule has 0 fully saturated rings. The van der Waals surface area contributed by atoms with E-state index in [4.69, 9.17) is 0 Å². The lowest BCUT2D eigenvalue weighted by atomic mass is 10.3. The quantitative estimate of drug-likeness (QED) is 0.643. The second-order valence-electron chi connectivity index (χ2n) is 2.88. The largest absolute Gasteiger partial charge is 0.325 e. The summed E-state index contributed by atoms with van der Waals surface area (Å²) in [5.74, 6) is 0.00880. The smallest absolute Gasteiger partial charge is 0.238 e. The molecule has 0 saturated heterocycles. The van der Waals surface area contributed by atoms with Gasteiger partial charge in [-0.05, 0) is 47.2 Å². The van der Waals surface area contributed by atoms with Crippen LogP contribution in [0.4, 0.5) is 5.69 Å². The number of nitrogens with one attached hydrogen (secondary N) is 1. The van der Waals surface area contributed by atoms with E-state index in [1.807, 2.05) is 31.2 Å². The molecule has 1 amide bonds. The summed E-state index contributed by atoms with van der Waals surface area (Å²) in [6, 6.07) is 7.73. The van der Waals surface area contributed by atoms with Crippen molar-refractivity contribution in [3.63, 3.8) is 0 Å². The lowest BCUT2D eigenvalue weighted by Crippen LogP contribution is -2.21. The fourth-order valence-electron chi connectivity index (χ4n) is 0.972. The molecule has 0 heterocycles. The first-order valence-electron chi connectivity index (χ1n) is 4.34. The first-order valence-corrected chi connectivity index (χ1v) is 6.33. The van der Waals surface area contributed by atoms with E-state index < -0.39 is 0 Å². The molecule has 1 aromatic carbocycles. The van der Waals surface area contributed by atoms with E-state index in [1.165, 1.54) is 0 Å². The number of amides is 1. The number of alkyl halides is 1. The van der Waals surface area contributed by atoms with Crippen molar-refractivity contribution >= 4 is 50.1 Å². The highest BCUT2D eigenvalue weighted by atomic mass is 127. The summed E-state index contributed by atoms with van der Waals surface area (Å²) in [7, 11) is 0. The normalized spacial score (nSPS) is 12.2. The third kappa shape index (κ3) is 3.57. The maximum atomic E-state index is 11.5. The number of halogens is 2. The van der Waals surface area contributed by atoms with E-state index in [2.05, 4.69) is 43.8 Å². The molecule has 0 bridgehead atoms. The van der Waals surface area contributed by atoms with Gasteiger partial charge in [-0.2, -0.15) is 0 Å². The van der Waals surface area contributed by atoms with Crippen LogP contribution in [-0.2, 0) is 4.79 Å². The molecule has 76 valence electrons. The van der Waals surface area contributed by atoms with Gasteiger partial charge in [0, 0.05) is 9.26 Å². The fourth-order valence-corrected chi connectivity index (χ4v) is 1.63. The van der Waals surface area contributed by atoms with Crippen LogP contribution in [0.1, 0.15) is 13.3 Å². The van der Waals surface area contributed by atoms with Crippen molar-refractivity contribution in [1.29, 1.82) is 0 Å². The SMILES string of the molecule is CCC(Br)C(=O)Nc1cccc(I)c1. The molecule has 1 N–H and O–H groups in total. The molecule has 14 heavy (non-hydrogen) atoms. The van der Waals surface area contributed by atoms with Crippen LogP contribution in [0.3, 0.4) is 0 Å². The Bertz CT molecular complexity index is 330. The van der Waals surface area contributed by atoms with Gasteiger partial charge in [0.1, 0.15) is 0 Å². The molecule has 1 atom stereocenters. The van der Waals surface area contributed by atoms with Crippen molar-refractivity contribution in [2.45, 2.75) is 18.2 Å². The third-order valence-corrected chi connectivity index (χ3v) is 3.47. The van der Waals surface area contributed by atoms with Crippen LogP contribution in [-0.4, -0.2) is 10.7 Å². The first-order chi connectivity index (χ1) is 6.63. The minimum absolute atomic E-state index is 0.00880. The van der Waals surface area contributed by atoms with E-state index in [0.29, 0.717) is 0 Å². The molecular weight excluding hydrogens is 357 g/mol. The van der Waals surface area contributed by atoms with Crippen LogP contribution in [0.5, 0.6) is 0 Å². The average Bonchev–Trinajstić information content (AvgIpc) is 2.16. The summed E-state index contributed by atoms with van der Waals surface area (Å²) >= 11 is 5.52. The molecule has 0 spiro atoms. The minimum Gasteiger partial charge on any atom is -0.325 e. The number of rotatable bonds is 3. The molecule has 4 heteroatoms. The molecule has 0 saturated carbocycles. The summed E-state index contributed by atoms with van der Waals surface area (Å²) < 4.78 is 1.11. The maximum Gasteiger partial charge on any atom is 0.238 e. The summed E-state index contributed by atoms with van der Waals surface area (Å²) in [6.07, 6.45) is 0.787. The topological polar surface area (TPSA) is 29.1 Å². The first kappa shape index (κ1) is 12.0. The monoisotopic (exact) mass is 367 g/mol. The van der Waals surface area contributed by atoms with Crippen molar-refractivity contribution in [1.82, 2.24) is 0 Å². The predicted octanol–water partition coefficient (Wildman–Crippen LogP) is 3.40. The fraction of sp³-hybridized carbons (Fsp3) is 0.300. The number of benzene rings is 1. The Morgan fingerprint density at radius 2 is 2.36 bits per heavy atom. The van der Waals surface area contributed by atoms with Gasteiger partial charge < -0.3 is 5.32 Å². The molecule has 1 aromatic rings. The van der Waals surface area contributed by atoms with Gasteiger partial charge in [0.15, 0.2) is 0 Å². The molecule has 0 radical (unpaired) electrons. The molecule has 1 unspecified atom stereocenters. The minimum atomic E-state index is -0.111. The Morgan fingerprint density at radius 1 is 1.64 bits per heavy atom. The average molecular weight is 368 g/mol. The van der Waals surface area contributed by atoms with Crippen molar-refractivity contribution in [3.05, 3.63) is 27.8 Å². The van der Waals surface area contributed by atoms with E-state index in [9.17, 15) is 4.79 Å². The van der Waals surface area contributed by atoms with Crippen molar-refractivity contribution in [2.75, 3.05) is 5.32 Å². The molecular formula is C10H11BrINO. The lowest BCUT2D eigenvalue weighted by Gasteiger charge is -2.08. The summed E-state index contributed by atoms with van der Waals surface area (Å²) in [5.41, 5.74) is 0.847. The van der Waals surface area contributed by atoms with Gasteiger partial charge in [-0.25, -0.2) is 0 Å². The molecule has 0 aliphatic rings. The third-order valence-electron chi connectivity index (χ3n) is 1.74. The van der Waals surface area contributed by atoms with Crippen LogP contribution < -0.4 is 5.32 Å². The van der Waals surface area contributed by atoms with E-state index in [1.54, 1.807) is 0 Å². The van der Waals surface area contributed by atoms with Gasteiger partial charge in [0.25, 0.3) is 0 Å². The molecule has 1 rings (SSSR count). The van der Waals surface area contributed by atoms with Gasteiger partial charge >= 0.3 is 0 Å². The molecule has 0 aliphatic carbocycles.